The third-order valence-electron chi connectivity index (χ3n) is 3.58. The van der Waals surface area contributed by atoms with E-state index in [-0.39, 0.29) is 16.7 Å². The first-order valence-electron chi connectivity index (χ1n) is 7.32. The van der Waals surface area contributed by atoms with Crippen molar-refractivity contribution in [3.8, 4) is 0 Å². The van der Waals surface area contributed by atoms with Crippen LogP contribution < -0.4 is 5.32 Å². The molecule has 1 fully saturated rings. The van der Waals surface area contributed by atoms with Crippen molar-refractivity contribution in [3.63, 3.8) is 0 Å². The first kappa shape index (κ1) is 16.0. The van der Waals surface area contributed by atoms with Crippen LogP contribution in [0.15, 0.2) is 29.2 Å². The molecule has 1 heterocycles. The Bertz CT molecular complexity index is 605. The molecular weight excluding hydrogens is 288 g/mol. The lowest BCUT2D eigenvalue weighted by Gasteiger charge is -2.26. The molecule has 0 aliphatic carbocycles. The highest BCUT2D eigenvalue weighted by molar-refractivity contribution is 7.89. The molecule has 1 N–H and O–H groups in total. The van der Waals surface area contributed by atoms with E-state index in [0.29, 0.717) is 18.8 Å². The number of carbonyl (C=O) groups excluding carboxylic acids is 1. The van der Waals surface area contributed by atoms with Crippen molar-refractivity contribution < 1.29 is 13.2 Å². The monoisotopic (exact) mass is 310 g/mol. The second kappa shape index (κ2) is 6.58. The number of carbonyl (C=O) groups is 1. The van der Waals surface area contributed by atoms with Gasteiger partial charge in [0.25, 0.3) is 0 Å². The predicted molar refractivity (Wildman–Crippen MR) is 82.5 cm³/mol. The van der Waals surface area contributed by atoms with Crippen LogP contribution in [0.5, 0.6) is 0 Å². The minimum absolute atomic E-state index is 0.123. The average molecular weight is 310 g/mol. The highest BCUT2D eigenvalue weighted by Crippen LogP contribution is 2.23. The summed E-state index contributed by atoms with van der Waals surface area (Å²) < 4.78 is 26.7. The average Bonchev–Trinajstić information content (AvgIpc) is 2.48. The van der Waals surface area contributed by atoms with Crippen LogP contribution in [0.25, 0.3) is 0 Å². The van der Waals surface area contributed by atoms with Gasteiger partial charge in [0.05, 0.1) is 4.90 Å². The molecular formula is C15H22N2O3S. The van der Waals surface area contributed by atoms with Gasteiger partial charge in [0.1, 0.15) is 0 Å². The number of benzene rings is 1. The molecule has 0 atom stereocenters. The zero-order chi connectivity index (χ0) is 15.5. The molecule has 2 rings (SSSR count). The molecule has 1 amide bonds. The summed E-state index contributed by atoms with van der Waals surface area (Å²) in [5.74, 6) is -0.269. The maximum absolute atomic E-state index is 12.6. The molecule has 5 nitrogen and oxygen atoms in total. The van der Waals surface area contributed by atoms with E-state index in [2.05, 4.69) is 5.32 Å². The van der Waals surface area contributed by atoms with E-state index in [4.69, 9.17) is 0 Å². The quantitative estimate of drug-likeness (QED) is 0.929. The maximum atomic E-state index is 12.6. The Morgan fingerprint density at radius 2 is 1.86 bits per heavy atom. The van der Waals surface area contributed by atoms with Crippen LogP contribution in [-0.4, -0.2) is 31.7 Å². The van der Waals surface area contributed by atoms with Crippen molar-refractivity contribution in [2.24, 2.45) is 5.92 Å². The van der Waals surface area contributed by atoms with Gasteiger partial charge in [0, 0.05) is 24.7 Å². The number of sulfonamides is 1. The second-order valence-electron chi connectivity index (χ2n) is 5.64. The first-order valence-corrected chi connectivity index (χ1v) is 8.76. The molecule has 1 aromatic rings. The van der Waals surface area contributed by atoms with Crippen LogP contribution >= 0.6 is 0 Å². The number of hydrogen-bond donors (Lipinski definition) is 1. The van der Waals surface area contributed by atoms with Gasteiger partial charge in [-0.3, -0.25) is 4.79 Å². The Kier molecular flexibility index (Phi) is 5.00. The Morgan fingerprint density at radius 1 is 1.19 bits per heavy atom. The van der Waals surface area contributed by atoms with Gasteiger partial charge in [-0.2, -0.15) is 4.31 Å². The lowest BCUT2D eigenvalue weighted by atomic mass is 10.2. The number of anilines is 1. The topological polar surface area (TPSA) is 66.5 Å². The molecule has 0 unspecified atom stereocenters. The van der Waals surface area contributed by atoms with E-state index in [0.717, 1.165) is 19.3 Å². The molecule has 116 valence electrons. The Morgan fingerprint density at radius 3 is 2.48 bits per heavy atom. The fourth-order valence-corrected chi connectivity index (χ4v) is 3.84. The molecule has 0 spiro atoms. The van der Waals surface area contributed by atoms with Gasteiger partial charge in [0.15, 0.2) is 0 Å². The van der Waals surface area contributed by atoms with Crippen LogP contribution in [0, 0.1) is 5.92 Å². The highest BCUT2D eigenvalue weighted by Gasteiger charge is 2.26. The minimum Gasteiger partial charge on any atom is -0.326 e. The molecule has 0 radical (unpaired) electrons. The third-order valence-corrected chi connectivity index (χ3v) is 5.47. The fourth-order valence-electron chi connectivity index (χ4n) is 2.28. The number of nitrogens with zero attached hydrogens (tertiary/aromatic N) is 1. The summed E-state index contributed by atoms with van der Waals surface area (Å²) >= 11 is 0. The molecule has 1 aliphatic rings. The lowest BCUT2D eigenvalue weighted by molar-refractivity contribution is -0.118. The molecule has 1 saturated heterocycles. The standard InChI is InChI=1S/C15H22N2O3S/c1-12(2)15(18)16-13-7-6-8-14(11-13)21(19,20)17-9-4-3-5-10-17/h6-8,11-12H,3-5,9-10H2,1-2H3,(H,16,18). The van der Waals surface area contributed by atoms with Gasteiger partial charge in [-0.1, -0.05) is 26.3 Å². The van der Waals surface area contributed by atoms with Gasteiger partial charge in [-0.05, 0) is 31.0 Å². The second-order valence-corrected chi connectivity index (χ2v) is 7.57. The Balaban J connectivity index is 2.21. The van der Waals surface area contributed by atoms with Gasteiger partial charge >= 0.3 is 0 Å². The molecule has 1 aromatic carbocycles. The van der Waals surface area contributed by atoms with Crippen molar-refractivity contribution >= 4 is 21.6 Å². The molecule has 0 saturated carbocycles. The van der Waals surface area contributed by atoms with E-state index in [1.54, 1.807) is 32.0 Å². The normalized spacial score (nSPS) is 16.9. The summed E-state index contributed by atoms with van der Waals surface area (Å²) in [7, 11) is -3.46. The molecule has 1 aliphatic heterocycles. The summed E-state index contributed by atoms with van der Waals surface area (Å²) in [6.07, 6.45) is 2.89. The molecule has 6 heteroatoms. The minimum atomic E-state index is -3.46. The van der Waals surface area contributed by atoms with E-state index < -0.39 is 10.0 Å². The fraction of sp³-hybridized carbons (Fsp3) is 0.533. The van der Waals surface area contributed by atoms with Crippen molar-refractivity contribution in [2.75, 3.05) is 18.4 Å². The van der Waals surface area contributed by atoms with Crippen LogP contribution in [0.1, 0.15) is 33.1 Å². The number of nitrogens with one attached hydrogen (secondary N) is 1. The zero-order valence-corrected chi connectivity index (χ0v) is 13.3. The van der Waals surface area contributed by atoms with Gasteiger partial charge in [-0.25, -0.2) is 8.42 Å². The number of amides is 1. The smallest absolute Gasteiger partial charge is 0.243 e. The van der Waals surface area contributed by atoms with E-state index in [1.807, 2.05) is 0 Å². The Labute approximate surface area is 126 Å². The molecule has 0 aromatic heterocycles. The number of hydrogen-bond acceptors (Lipinski definition) is 3. The zero-order valence-electron chi connectivity index (χ0n) is 12.5. The summed E-state index contributed by atoms with van der Waals surface area (Å²) in [6, 6.07) is 6.47. The van der Waals surface area contributed by atoms with Gasteiger partial charge in [-0.15, -0.1) is 0 Å². The summed E-state index contributed by atoms with van der Waals surface area (Å²) in [6.45, 7) is 4.74. The lowest BCUT2D eigenvalue weighted by Crippen LogP contribution is -2.35. The SMILES string of the molecule is CC(C)C(=O)Nc1cccc(S(=O)(=O)N2CCCCC2)c1. The Hall–Kier alpha value is -1.40. The van der Waals surface area contributed by atoms with Crippen LogP contribution in [0.2, 0.25) is 0 Å². The summed E-state index contributed by atoms with van der Waals surface area (Å²) in [5, 5.41) is 2.73. The van der Waals surface area contributed by atoms with Gasteiger partial charge in [0.2, 0.25) is 15.9 Å². The van der Waals surface area contributed by atoms with Crippen molar-refractivity contribution in [3.05, 3.63) is 24.3 Å². The maximum Gasteiger partial charge on any atom is 0.243 e. The number of piperidine rings is 1. The summed E-state index contributed by atoms with van der Waals surface area (Å²) in [4.78, 5) is 11.9. The predicted octanol–water partition coefficient (Wildman–Crippen LogP) is 2.46. The van der Waals surface area contributed by atoms with Crippen molar-refractivity contribution in [2.45, 2.75) is 38.0 Å². The van der Waals surface area contributed by atoms with Crippen molar-refractivity contribution in [1.29, 1.82) is 0 Å². The van der Waals surface area contributed by atoms with Crippen LogP contribution in [0.3, 0.4) is 0 Å². The first-order chi connectivity index (χ1) is 9.91. The number of rotatable bonds is 4. The summed E-state index contributed by atoms with van der Waals surface area (Å²) in [5.41, 5.74) is 0.520. The van der Waals surface area contributed by atoms with E-state index >= 15 is 0 Å². The van der Waals surface area contributed by atoms with Crippen LogP contribution in [-0.2, 0) is 14.8 Å². The van der Waals surface area contributed by atoms with Crippen LogP contribution in [0.4, 0.5) is 5.69 Å². The third kappa shape index (κ3) is 3.83. The van der Waals surface area contributed by atoms with E-state index in [9.17, 15) is 13.2 Å². The molecule has 0 bridgehead atoms. The molecule has 21 heavy (non-hydrogen) atoms. The largest absolute Gasteiger partial charge is 0.326 e. The highest BCUT2D eigenvalue weighted by atomic mass is 32.2. The van der Waals surface area contributed by atoms with E-state index in [1.165, 1.54) is 10.4 Å². The van der Waals surface area contributed by atoms with Gasteiger partial charge < -0.3 is 5.32 Å². The van der Waals surface area contributed by atoms with Crippen molar-refractivity contribution in [1.82, 2.24) is 4.31 Å².